The van der Waals surface area contributed by atoms with Crippen molar-refractivity contribution in [3.8, 4) is 22.3 Å². The highest BCUT2D eigenvalue weighted by atomic mass is 16.5. The number of nitrogens with zero attached hydrogens (tertiary/aromatic N) is 1. The molecule has 0 spiro atoms. The number of hydrogen-bond acceptors (Lipinski definition) is 2. The van der Waals surface area contributed by atoms with Gasteiger partial charge in [0, 0.05) is 7.11 Å². The average molecular weight is 386 g/mol. The van der Waals surface area contributed by atoms with Crippen molar-refractivity contribution in [1.29, 1.82) is 0 Å². The maximum Gasteiger partial charge on any atom is 0.0852 e. The lowest BCUT2D eigenvalue weighted by Gasteiger charge is -2.33. The van der Waals surface area contributed by atoms with Crippen LogP contribution in [0.2, 0.25) is 0 Å². The van der Waals surface area contributed by atoms with Crippen LogP contribution in [0.5, 0.6) is 0 Å². The van der Waals surface area contributed by atoms with Crippen molar-refractivity contribution >= 4 is 0 Å². The van der Waals surface area contributed by atoms with E-state index in [0.717, 1.165) is 13.0 Å². The average Bonchev–Trinajstić information content (AvgIpc) is 2.77. The maximum absolute atomic E-state index is 5.95. The van der Waals surface area contributed by atoms with Gasteiger partial charge in [0.2, 0.25) is 0 Å². The van der Waals surface area contributed by atoms with Crippen LogP contribution in [0.1, 0.15) is 30.1 Å². The quantitative estimate of drug-likeness (QED) is 0.499. The predicted molar refractivity (Wildman–Crippen MR) is 122 cm³/mol. The van der Waals surface area contributed by atoms with E-state index in [4.69, 9.17) is 4.74 Å². The lowest BCUT2D eigenvalue weighted by molar-refractivity contribution is 0.0343. The van der Waals surface area contributed by atoms with E-state index >= 15 is 0 Å². The van der Waals surface area contributed by atoms with Gasteiger partial charge < -0.3 is 9.64 Å². The Morgan fingerprint density at radius 1 is 0.828 bits per heavy atom. The minimum absolute atomic E-state index is 0.216. The molecule has 3 aromatic carbocycles. The zero-order chi connectivity index (χ0) is 20.2. The van der Waals surface area contributed by atoms with Crippen molar-refractivity contribution in [3.05, 3.63) is 83.9 Å². The molecule has 0 saturated heterocycles. The van der Waals surface area contributed by atoms with Crippen molar-refractivity contribution in [2.45, 2.75) is 25.4 Å². The van der Waals surface area contributed by atoms with Crippen LogP contribution >= 0.6 is 0 Å². The Balaban J connectivity index is 1.56. The third-order valence-corrected chi connectivity index (χ3v) is 6.19. The van der Waals surface area contributed by atoms with Gasteiger partial charge in [-0.05, 0) is 79.2 Å². The molecule has 0 saturated carbocycles. The van der Waals surface area contributed by atoms with Crippen LogP contribution in [-0.4, -0.2) is 32.6 Å². The predicted octanol–water partition coefficient (Wildman–Crippen LogP) is 6.22. The number of methoxy groups -OCH3 is 1. The molecule has 2 nitrogen and oxygen atoms in total. The van der Waals surface area contributed by atoms with Crippen molar-refractivity contribution < 1.29 is 4.74 Å². The molecule has 0 radical (unpaired) electrons. The first-order valence-electron chi connectivity index (χ1n) is 10.6. The number of hydrogen-bond donors (Lipinski definition) is 0. The molecular formula is C27H31NO. The lowest BCUT2D eigenvalue weighted by Crippen LogP contribution is -2.26. The molecule has 0 aliphatic heterocycles. The van der Waals surface area contributed by atoms with Gasteiger partial charge in [0.05, 0.1) is 6.10 Å². The van der Waals surface area contributed by atoms with Crippen molar-refractivity contribution in [2.75, 3.05) is 27.7 Å². The first kappa shape index (κ1) is 19.9. The second-order valence-corrected chi connectivity index (χ2v) is 8.40. The molecular weight excluding hydrogens is 354 g/mol. The van der Waals surface area contributed by atoms with E-state index in [1.54, 1.807) is 0 Å². The van der Waals surface area contributed by atoms with Crippen LogP contribution in [0.3, 0.4) is 0 Å². The summed E-state index contributed by atoms with van der Waals surface area (Å²) >= 11 is 0. The van der Waals surface area contributed by atoms with Gasteiger partial charge in [-0.3, -0.25) is 0 Å². The molecule has 0 aromatic heterocycles. The maximum atomic E-state index is 5.95. The van der Waals surface area contributed by atoms with Crippen LogP contribution in [0.25, 0.3) is 22.3 Å². The van der Waals surface area contributed by atoms with Crippen LogP contribution in [0, 0.1) is 5.92 Å². The van der Waals surface area contributed by atoms with Crippen molar-refractivity contribution in [1.82, 2.24) is 4.90 Å². The van der Waals surface area contributed by atoms with E-state index < -0.39 is 0 Å². The minimum Gasteiger partial charge on any atom is -0.376 e. The molecule has 2 heteroatoms. The molecule has 0 fully saturated rings. The summed E-state index contributed by atoms with van der Waals surface area (Å²) in [5.41, 5.74) is 7.92. The smallest absolute Gasteiger partial charge is 0.0852 e. The van der Waals surface area contributed by atoms with Crippen LogP contribution in [0.4, 0.5) is 0 Å². The highest BCUT2D eigenvalue weighted by Crippen LogP contribution is 2.40. The van der Waals surface area contributed by atoms with Gasteiger partial charge >= 0.3 is 0 Å². The Hall–Kier alpha value is -2.42. The van der Waals surface area contributed by atoms with Gasteiger partial charge in [0.25, 0.3) is 0 Å². The molecule has 29 heavy (non-hydrogen) atoms. The van der Waals surface area contributed by atoms with Crippen LogP contribution in [-0.2, 0) is 11.2 Å². The fraction of sp³-hybridized carbons (Fsp3) is 0.333. The van der Waals surface area contributed by atoms with E-state index in [9.17, 15) is 0 Å². The van der Waals surface area contributed by atoms with Crippen molar-refractivity contribution in [2.24, 2.45) is 5.92 Å². The van der Waals surface area contributed by atoms with E-state index in [1.807, 2.05) is 7.11 Å². The Bertz CT molecular complexity index is 931. The molecule has 0 amide bonds. The summed E-state index contributed by atoms with van der Waals surface area (Å²) in [6.45, 7) is 1.12. The highest BCUT2D eigenvalue weighted by Gasteiger charge is 2.29. The number of ether oxygens (including phenoxy) is 1. The van der Waals surface area contributed by atoms with Crippen molar-refractivity contribution in [3.63, 3.8) is 0 Å². The topological polar surface area (TPSA) is 12.5 Å². The SMILES string of the molecule is CO[C@H]1c2ccc(-c3ccc(-c4ccccc4)cc3)cc2CCC1CCN(C)C. The van der Waals surface area contributed by atoms with Gasteiger partial charge in [-0.15, -0.1) is 0 Å². The van der Waals surface area contributed by atoms with Gasteiger partial charge in [-0.2, -0.15) is 0 Å². The minimum atomic E-state index is 0.216. The highest BCUT2D eigenvalue weighted by molar-refractivity contribution is 5.71. The Labute approximate surface area is 175 Å². The molecule has 1 aliphatic carbocycles. The zero-order valence-corrected chi connectivity index (χ0v) is 17.8. The first-order chi connectivity index (χ1) is 14.2. The summed E-state index contributed by atoms with van der Waals surface area (Å²) in [5.74, 6) is 0.603. The number of benzene rings is 3. The van der Waals surface area contributed by atoms with Gasteiger partial charge in [0.15, 0.2) is 0 Å². The Morgan fingerprint density at radius 3 is 2.10 bits per heavy atom. The second kappa shape index (κ2) is 8.94. The Kier molecular flexibility index (Phi) is 6.13. The summed E-state index contributed by atoms with van der Waals surface area (Å²) in [6.07, 6.45) is 3.75. The molecule has 3 aromatic rings. The van der Waals surface area contributed by atoms with Crippen LogP contribution < -0.4 is 0 Å². The summed E-state index contributed by atoms with van der Waals surface area (Å²) in [7, 11) is 6.15. The summed E-state index contributed by atoms with van der Waals surface area (Å²) < 4.78 is 5.95. The van der Waals surface area contributed by atoms with E-state index in [-0.39, 0.29) is 6.10 Å². The molecule has 1 aliphatic rings. The van der Waals surface area contributed by atoms with E-state index in [2.05, 4.69) is 91.8 Å². The molecule has 4 rings (SSSR count). The monoisotopic (exact) mass is 385 g/mol. The standard InChI is InChI=1S/C27H31NO/c1-28(2)18-17-23-13-14-25-19-24(15-16-26(25)27(23)29-3)22-11-9-21(10-12-22)20-7-5-4-6-8-20/h4-12,15-16,19,23,27H,13-14,17-18H2,1-3H3/t23?,27-/m1/s1. The number of rotatable bonds is 6. The zero-order valence-electron chi connectivity index (χ0n) is 17.8. The van der Waals surface area contributed by atoms with E-state index in [1.165, 1.54) is 46.2 Å². The van der Waals surface area contributed by atoms with Crippen LogP contribution in [0.15, 0.2) is 72.8 Å². The summed E-state index contributed by atoms with van der Waals surface area (Å²) in [6, 6.07) is 26.4. The Morgan fingerprint density at radius 2 is 1.45 bits per heavy atom. The van der Waals surface area contributed by atoms with E-state index in [0.29, 0.717) is 5.92 Å². The van der Waals surface area contributed by atoms with Gasteiger partial charge in [0.1, 0.15) is 0 Å². The van der Waals surface area contributed by atoms with Gasteiger partial charge in [-0.25, -0.2) is 0 Å². The second-order valence-electron chi connectivity index (χ2n) is 8.40. The molecule has 150 valence electrons. The third-order valence-electron chi connectivity index (χ3n) is 6.19. The first-order valence-corrected chi connectivity index (χ1v) is 10.6. The molecule has 2 atom stereocenters. The molecule has 0 bridgehead atoms. The number of aryl methyl sites for hydroxylation is 1. The fourth-order valence-corrected chi connectivity index (χ4v) is 4.55. The molecule has 0 N–H and O–H groups in total. The fourth-order valence-electron chi connectivity index (χ4n) is 4.55. The van der Waals surface area contributed by atoms with Gasteiger partial charge in [-0.1, -0.05) is 72.8 Å². The lowest BCUT2D eigenvalue weighted by atomic mass is 9.78. The normalized spacial score (nSPS) is 18.6. The molecule has 0 heterocycles. The third kappa shape index (κ3) is 4.44. The molecule has 1 unspecified atom stereocenters. The summed E-state index contributed by atoms with van der Waals surface area (Å²) in [4.78, 5) is 2.27. The largest absolute Gasteiger partial charge is 0.376 e. The summed E-state index contributed by atoms with van der Waals surface area (Å²) in [5, 5.41) is 0. The number of fused-ring (bicyclic) bond motifs is 1.